The number of hydrogen-bond acceptors (Lipinski definition) is 5. The number of aromatic nitrogens is 4. The predicted molar refractivity (Wildman–Crippen MR) is 177 cm³/mol. The molecule has 5 aromatic rings. The lowest BCUT2D eigenvalue weighted by atomic mass is 10.0. The number of benzene rings is 1. The molecule has 230 valence electrons. The lowest BCUT2D eigenvalue weighted by Gasteiger charge is -2.14. The first-order chi connectivity index (χ1) is 21.5. The van der Waals surface area contributed by atoms with Crippen molar-refractivity contribution in [3.8, 4) is 22.7 Å². The fourth-order valence-electron chi connectivity index (χ4n) is 5.23. The summed E-state index contributed by atoms with van der Waals surface area (Å²) in [5.41, 5.74) is 7.09. The minimum atomic E-state index is -1.02. The van der Waals surface area contributed by atoms with E-state index in [1.807, 2.05) is 171 Å². The zero-order valence-corrected chi connectivity index (χ0v) is 27.2. The van der Waals surface area contributed by atoms with Crippen molar-refractivity contribution in [2.24, 2.45) is 0 Å². The molecule has 0 radical (unpaired) electrons. The van der Waals surface area contributed by atoms with Crippen molar-refractivity contribution in [2.75, 3.05) is 76.0 Å². The molecule has 0 unspecified atom stereocenters. The Morgan fingerprint density at radius 3 is 1.07 bits per heavy atom. The molecule has 10 nitrogen and oxygen atoms in total. The number of nitrogens with zero attached hydrogens (tertiary/aromatic N) is 8. The lowest BCUT2D eigenvalue weighted by molar-refractivity contribution is -0.662. The van der Waals surface area contributed by atoms with Crippen LogP contribution in [-0.4, -0.2) is 67.5 Å². The van der Waals surface area contributed by atoms with Crippen LogP contribution in [-0.2, 0) is 0 Å². The van der Waals surface area contributed by atoms with E-state index in [4.69, 9.17) is 0 Å². The molecule has 1 aromatic carbocycles. The van der Waals surface area contributed by atoms with Crippen LogP contribution in [0.4, 0.5) is 22.7 Å². The van der Waals surface area contributed by atoms with Crippen molar-refractivity contribution in [2.45, 2.75) is 0 Å². The number of aromatic carboxylic acids is 1. The van der Waals surface area contributed by atoms with Crippen molar-refractivity contribution in [1.29, 1.82) is 0 Å². The van der Waals surface area contributed by atoms with E-state index in [9.17, 15) is 9.90 Å². The molecule has 4 heterocycles. The molecule has 0 aliphatic heterocycles. The van der Waals surface area contributed by atoms with E-state index >= 15 is 0 Å². The third kappa shape index (κ3) is 6.26. The van der Waals surface area contributed by atoms with Crippen LogP contribution in [0.5, 0.6) is 0 Å². The van der Waals surface area contributed by atoms with Gasteiger partial charge >= 0.3 is 23.0 Å². The van der Waals surface area contributed by atoms with Crippen molar-refractivity contribution in [3.05, 3.63) is 110 Å². The topological polar surface area (TPSA) is 65.8 Å². The van der Waals surface area contributed by atoms with E-state index in [1.54, 1.807) is 6.07 Å². The van der Waals surface area contributed by atoms with Gasteiger partial charge in [-0.2, -0.15) is 18.3 Å². The van der Waals surface area contributed by atoms with Crippen LogP contribution in [0.3, 0.4) is 0 Å². The molecule has 0 aliphatic rings. The highest BCUT2D eigenvalue weighted by molar-refractivity contribution is 5.94. The minimum Gasteiger partial charge on any atom is -0.477 e. The standard InChI is InChI=1S/C35H41N8O2/c1-36(2)26-9-17-40(18-10-26)31-25-30(35(44)45)32(41-19-11-27(12-20-41)37(3)4)34(43-23-15-29(16-24-43)39(7)8)33(31)42-21-13-28(14-22-42)38(5)6/h9-25H,1-8H3/q+3/p+1. The van der Waals surface area contributed by atoms with Gasteiger partial charge in [0.25, 0.3) is 5.69 Å². The number of carbonyl (C=O) groups is 1. The Balaban J connectivity index is 1.93. The molecule has 0 aliphatic carbocycles. The van der Waals surface area contributed by atoms with Crippen molar-refractivity contribution >= 4 is 28.7 Å². The lowest BCUT2D eigenvalue weighted by Crippen LogP contribution is -2.48. The van der Waals surface area contributed by atoms with Crippen LogP contribution in [0.25, 0.3) is 22.7 Å². The summed E-state index contributed by atoms with van der Waals surface area (Å²) < 4.78 is 7.92. The molecule has 5 rings (SSSR count). The number of carboxylic acids is 1. The van der Waals surface area contributed by atoms with Gasteiger partial charge in [0.2, 0.25) is 0 Å². The molecule has 0 atom stereocenters. The van der Waals surface area contributed by atoms with Gasteiger partial charge in [0.1, 0.15) is 5.56 Å². The summed E-state index contributed by atoms with van der Waals surface area (Å²) in [6.45, 7) is 0. The largest absolute Gasteiger partial charge is 0.477 e. The second kappa shape index (κ2) is 12.6. The molecule has 0 fully saturated rings. The average molecular weight is 607 g/mol. The zero-order valence-electron chi connectivity index (χ0n) is 27.2. The van der Waals surface area contributed by atoms with Crippen molar-refractivity contribution in [1.82, 2.24) is 0 Å². The first kappa shape index (κ1) is 30.9. The molecule has 0 spiro atoms. The van der Waals surface area contributed by atoms with E-state index in [0.717, 1.165) is 28.4 Å². The monoisotopic (exact) mass is 606 g/mol. The number of carboxylic acid groups (broad SMARTS) is 1. The van der Waals surface area contributed by atoms with E-state index in [2.05, 4.69) is 21.6 Å². The first-order valence-electron chi connectivity index (χ1n) is 14.7. The van der Waals surface area contributed by atoms with Gasteiger partial charge in [0, 0.05) is 134 Å². The molecule has 45 heavy (non-hydrogen) atoms. The number of pyridine rings is 4. The van der Waals surface area contributed by atoms with Crippen molar-refractivity contribution in [3.63, 3.8) is 0 Å². The summed E-state index contributed by atoms with van der Waals surface area (Å²) in [5, 5.41) is 10.7. The smallest absolute Gasteiger partial charge is 0.363 e. The van der Waals surface area contributed by atoms with Gasteiger partial charge < -0.3 is 24.7 Å². The van der Waals surface area contributed by atoms with Crippen LogP contribution in [0.15, 0.2) is 104 Å². The molecule has 4 aromatic heterocycles. The van der Waals surface area contributed by atoms with E-state index in [0.29, 0.717) is 17.1 Å². The molecular formula is C35H42N8O2+4. The highest BCUT2D eigenvalue weighted by Gasteiger charge is 2.43. The minimum absolute atomic E-state index is 0.172. The molecule has 0 saturated carbocycles. The second-order valence-electron chi connectivity index (χ2n) is 11.7. The third-order valence-corrected chi connectivity index (χ3v) is 7.82. The number of anilines is 4. The fraction of sp³-hybridized carbons (Fsp3) is 0.229. The maximum atomic E-state index is 13.1. The van der Waals surface area contributed by atoms with Gasteiger partial charge in [0.05, 0.1) is 0 Å². The SMILES string of the molecule is CN(C)c1cc[n+](-c2cc(C(=O)O)c(-[n+]3ccc(N(C)C)cc3)c(-[n+]3ccc(N(C)C)cc3)c2-[n+]2ccc(N(C)C)cc2)cc1. The first-order valence-corrected chi connectivity index (χ1v) is 14.7. The molecule has 0 saturated heterocycles. The molecule has 10 heteroatoms. The summed E-state index contributed by atoms with van der Waals surface area (Å²) in [4.78, 5) is 21.3. The maximum Gasteiger partial charge on any atom is 0.363 e. The summed E-state index contributed by atoms with van der Waals surface area (Å²) in [5.74, 6) is -1.02. The highest BCUT2D eigenvalue weighted by Crippen LogP contribution is 2.27. The maximum absolute atomic E-state index is 13.1. The normalized spacial score (nSPS) is 10.8. The van der Waals surface area contributed by atoms with Crippen molar-refractivity contribution < 1.29 is 28.2 Å². The van der Waals surface area contributed by atoms with E-state index in [1.165, 1.54) is 0 Å². The number of rotatable bonds is 9. The molecule has 1 N–H and O–H groups in total. The summed E-state index contributed by atoms with van der Waals surface area (Å²) in [7, 11) is 16.0. The Morgan fingerprint density at radius 2 is 0.756 bits per heavy atom. The van der Waals surface area contributed by atoms with Gasteiger partial charge in [-0.1, -0.05) is 0 Å². The Labute approximate surface area is 265 Å². The Morgan fingerprint density at radius 1 is 0.467 bits per heavy atom. The zero-order chi connectivity index (χ0) is 32.4. The van der Waals surface area contributed by atoms with Crippen LogP contribution in [0.2, 0.25) is 0 Å². The van der Waals surface area contributed by atoms with Gasteiger partial charge in [-0.3, -0.25) is 0 Å². The van der Waals surface area contributed by atoms with E-state index < -0.39 is 5.97 Å². The van der Waals surface area contributed by atoms with Crippen LogP contribution in [0, 0.1) is 0 Å². The van der Waals surface area contributed by atoms with E-state index in [-0.39, 0.29) is 5.56 Å². The second-order valence-corrected chi connectivity index (χ2v) is 11.7. The fourth-order valence-corrected chi connectivity index (χ4v) is 5.23. The Bertz CT molecular complexity index is 1800. The Hall–Kier alpha value is -5.51. The van der Waals surface area contributed by atoms with Gasteiger partial charge in [-0.05, 0) is 0 Å². The summed E-state index contributed by atoms with van der Waals surface area (Å²) >= 11 is 0. The number of hydrogen-bond donors (Lipinski definition) is 1. The quantitative estimate of drug-likeness (QED) is 0.261. The van der Waals surface area contributed by atoms with Crippen LogP contribution < -0.4 is 37.9 Å². The van der Waals surface area contributed by atoms with Gasteiger partial charge in [-0.15, -0.1) is 0 Å². The van der Waals surface area contributed by atoms with Crippen LogP contribution >= 0.6 is 0 Å². The summed E-state index contributed by atoms with van der Waals surface area (Å²) in [6.07, 6.45) is 15.8. The summed E-state index contributed by atoms with van der Waals surface area (Å²) in [6, 6.07) is 17.9. The molecule has 0 bridgehead atoms. The van der Waals surface area contributed by atoms with Crippen LogP contribution in [0.1, 0.15) is 10.4 Å². The third-order valence-electron chi connectivity index (χ3n) is 7.82. The Kier molecular flexibility index (Phi) is 8.67. The van der Waals surface area contributed by atoms with Gasteiger partial charge in [0.15, 0.2) is 49.6 Å². The predicted octanol–water partition coefficient (Wildman–Crippen LogP) is 2.76. The highest BCUT2D eigenvalue weighted by atomic mass is 16.4. The van der Waals surface area contributed by atoms with Gasteiger partial charge in [-0.25, -0.2) is 4.79 Å². The molecular weight excluding hydrogens is 564 g/mol. The average Bonchev–Trinajstić information content (AvgIpc) is 3.04. The molecule has 0 amide bonds.